The molecule has 0 amide bonds. The third-order valence-electron chi connectivity index (χ3n) is 2.46. The molecule has 110 valence electrons. The summed E-state index contributed by atoms with van der Waals surface area (Å²) >= 11 is 0. The maximum absolute atomic E-state index is 10.3. The van der Waals surface area contributed by atoms with Gasteiger partial charge in [0, 0.05) is 12.2 Å². The zero-order valence-electron chi connectivity index (χ0n) is 12.4. The van der Waals surface area contributed by atoms with Crippen molar-refractivity contribution < 1.29 is 9.53 Å². The molecule has 0 spiro atoms. The molecule has 0 bridgehead atoms. The van der Waals surface area contributed by atoms with E-state index in [2.05, 4.69) is 17.9 Å². The van der Waals surface area contributed by atoms with Crippen LogP contribution in [0.15, 0.2) is 49.6 Å². The molecule has 3 heteroatoms. The van der Waals surface area contributed by atoms with Gasteiger partial charge in [0.2, 0.25) is 0 Å². The largest absolute Gasteiger partial charge is 0.463 e. The van der Waals surface area contributed by atoms with Gasteiger partial charge < -0.3 is 4.74 Å². The minimum absolute atomic E-state index is 0.330. The Morgan fingerprint density at radius 3 is 2.52 bits per heavy atom. The highest BCUT2D eigenvalue weighted by atomic mass is 16.5. The molecule has 0 heterocycles. The maximum Gasteiger partial charge on any atom is 0.330 e. The summed E-state index contributed by atoms with van der Waals surface area (Å²) < 4.78 is 4.67. The molecule has 0 fully saturated rings. The third-order valence-corrected chi connectivity index (χ3v) is 2.46. The zero-order valence-corrected chi connectivity index (χ0v) is 12.4. The van der Waals surface area contributed by atoms with Gasteiger partial charge in [-0.3, -0.25) is 0 Å². The van der Waals surface area contributed by atoms with E-state index in [1.54, 1.807) is 12.2 Å². The standard InChI is InChI=1S/C11H9N.C7H12O2/c1-2-10-6-3-4-7-11(10)8-5-9-12;1-3-5-6-9-7(8)4-2/h2-8H,1H2;4H,2-3,5-6H2,1H3. The minimum atomic E-state index is -0.330. The van der Waals surface area contributed by atoms with Crippen LogP contribution in [-0.4, -0.2) is 12.6 Å². The molecular weight excluding hydrogens is 262 g/mol. The highest BCUT2D eigenvalue weighted by Crippen LogP contribution is 2.11. The number of nitrogens with zero attached hydrogens (tertiary/aromatic N) is 1. The molecule has 1 aromatic carbocycles. The van der Waals surface area contributed by atoms with Crippen molar-refractivity contribution in [1.82, 2.24) is 0 Å². The second kappa shape index (κ2) is 12.4. The van der Waals surface area contributed by atoms with Crippen molar-refractivity contribution in [2.24, 2.45) is 0 Å². The number of benzene rings is 1. The second-order valence-corrected chi connectivity index (χ2v) is 4.02. The lowest BCUT2D eigenvalue weighted by molar-refractivity contribution is -0.137. The van der Waals surface area contributed by atoms with Crippen LogP contribution in [-0.2, 0) is 9.53 Å². The summed E-state index contributed by atoms with van der Waals surface area (Å²) in [5.41, 5.74) is 2.07. The van der Waals surface area contributed by atoms with Crippen LogP contribution in [0.4, 0.5) is 0 Å². The van der Waals surface area contributed by atoms with Crippen LogP contribution in [0.2, 0.25) is 0 Å². The van der Waals surface area contributed by atoms with Gasteiger partial charge >= 0.3 is 5.97 Å². The smallest absolute Gasteiger partial charge is 0.330 e. The Bertz CT molecular complexity index is 524. The first-order valence-corrected chi connectivity index (χ1v) is 6.76. The number of hydrogen-bond donors (Lipinski definition) is 0. The predicted octanol–water partition coefficient (Wildman–Crippen LogP) is 4.38. The summed E-state index contributed by atoms with van der Waals surface area (Å²) in [4.78, 5) is 10.3. The molecule has 0 unspecified atom stereocenters. The maximum atomic E-state index is 10.3. The summed E-state index contributed by atoms with van der Waals surface area (Å²) in [6, 6.07) is 9.74. The van der Waals surface area contributed by atoms with Crippen LogP contribution in [0.25, 0.3) is 12.2 Å². The van der Waals surface area contributed by atoms with E-state index in [9.17, 15) is 4.79 Å². The highest BCUT2D eigenvalue weighted by Gasteiger charge is 1.92. The van der Waals surface area contributed by atoms with Crippen molar-refractivity contribution >= 4 is 18.1 Å². The summed E-state index contributed by atoms with van der Waals surface area (Å²) in [6.07, 6.45) is 8.16. The number of esters is 1. The Morgan fingerprint density at radius 1 is 1.33 bits per heavy atom. The van der Waals surface area contributed by atoms with Gasteiger partial charge in [0.1, 0.15) is 0 Å². The highest BCUT2D eigenvalue weighted by molar-refractivity contribution is 5.81. The van der Waals surface area contributed by atoms with Gasteiger partial charge in [-0.1, -0.05) is 56.8 Å². The van der Waals surface area contributed by atoms with Gasteiger partial charge in [-0.05, 0) is 23.6 Å². The van der Waals surface area contributed by atoms with Crippen molar-refractivity contribution in [3.05, 3.63) is 60.7 Å². The SMILES string of the molecule is C=CC(=O)OCCCC.C=Cc1ccccc1C=CC#N. The average Bonchev–Trinajstić information content (AvgIpc) is 2.53. The Morgan fingerprint density at radius 2 is 2.00 bits per heavy atom. The Hall–Kier alpha value is -2.60. The van der Waals surface area contributed by atoms with Gasteiger partial charge in [0.05, 0.1) is 12.7 Å². The molecule has 0 N–H and O–H groups in total. The monoisotopic (exact) mass is 283 g/mol. The third kappa shape index (κ3) is 9.01. The van der Waals surface area contributed by atoms with Crippen LogP contribution in [0, 0.1) is 11.3 Å². The lowest BCUT2D eigenvalue weighted by atomic mass is 10.1. The number of nitriles is 1. The normalized spacial score (nSPS) is 9.14. The summed E-state index contributed by atoms with van der Waals surface area (Å²) in [5, 5.41) is 8.33. The summed E-state index contributed by atoms with van der Waals surface area (Å²) in [5.74, 6) is -0.330. The van der Waals surface area contributed by atoms with Crippen molar-refractivity contribution in [2.75, 3.05) is 6.61 Å². The molecule has 0 radical (unpaired) electrons. The lowest BCUT2D eigenvalue weighted by Crippen LogP contribution is -2.00. The van der Waals surface area contributed by atoms with E-state index in [-0.39, 0.29) is 5.97 Å². The van der Waals surface area contributed by atoms with E-state index in [0.717, 1.165) is 24.0 Å². The molecular formula is C18H21NO2. The van der Waals surface area contributed by atoms with E-state index >= 15 is 0 Å². The van der Waals surface area contributed by atoms with Crippen LogP contribution in [0.3, 0.4) is 0 Å². The average molecular weight is 283 g/mol. The van der Waals surface area contributed by atoms with Crippen LogP contribution in [0.1, 0.15) is 30.9 Å². The minimum Gasteiger partial charge on any atom is -0.463 e. The number of carbonyl (C=O) groups excluding carboxylic acids is 1. The first-order valence-electron chi connectivity index (χ1n) is 6.76. The fourth-order valence-electron chi connectivity index (χ4n) is 1.35. The predicted molar refractivity (Wildman–Crippen MR) is 87.2 cm³/mol. The van der Waals surface area contributed by atoms with Crippen LogP contribution < -0.4 is 0 Å². The Balaban J connectivity index is 0.000000400. The number of rotatable bonds is 6. The second-order valence-electron chi connectivity index (χ2n) is 4.02. The number of unbranched alkanes of at least 4 members (excludes halogenated alkanes) is 1. The fourth-order valence-corrected chi connectivity index (χ4v) is 1.35. The molecule has 0 saturated carbocycles. The van der Waals surface area contributed by atoms with Gasteiger partial charge in [-0.15, -0.1) is 0 Å². The van der Waals surface area contributed by atoms with Gasteiger partial charge in [-0.2, -0.15) is 5.26 Å². The van der Waals surface area contributed by atoms with E-state index < -0.39 is 0 Å². The topological polar surface area (TPSA) is 50.1 Å². The van der Waals surface area contributed by atoms with E-state index in [1.165, 1.54) is 12.2 Å². The molecule has 0 aliphatic carbocycles. The number of carbonyl (C=O) groups is 1. The van der Waals surface area contributed by atoms with Gasteiger partial charge in [0.25, 0.3) is 0 Å². The molecule has 1 rings (SSSR count). The van der Waals surface area contributed by atoms with Crippen molar-refractivity contribution in [3.63, 3.8) is 0 Å². The quantitative estimate of drug-likeness (QED) is 0.337. The number of hydrogen-bond acceptors (Lipinski definition) is 3. The van der Waals surface area contributed by atoms with E-state index in [1.807, 2.05) is 37.3 Å². The molecule has 1 aromatic rings. The lowest BCUT2D eigenvalue weighted by Gasteiger charge is -1.97. The number of allylic oxidation sites excluding steroid dienone is 1. The first-order chi connectivity index (χ1) is 10.2. The van der Waals surface area contributed by atoms with E-state index in [4.69, 9.17) is 5.26 Å². The molecule has 0 atom stereocenters. The summed E-state index contributed by atoms with van der Waals surface area (Å²) in [6.45, 7) is 9.51. The Kier molecular flexibility index (Phi) is 10.9. The molecule has 0 aromatic heterocycles. The van der Waals surface area contributed by atoms with Gasteiger partial charge in [0.15, 0.2) is 0 Å². The molecule has 0 saturated heterocycles. The molecule has 0 aliphatic rings. The molecule has 21 heavy (non-hydrogen) atoms. The van der Waals surface area contributed by atoms with Crippen molar-refractivity contribution in [3.8, 4) is 6.07 Å². The molecule has 0 aliphatic heterocycles. The van der Waals surface area contributed by atoms with Crippen molar-refractivity contribution in [1.29, 1.82) is 5.26 Å². The number of ether oxygens (including phenoxy) is 1. The first kappa shape index (κ1) is 18.4. The van der Waals surface area contributed by atoms with Crippen molar-refractivity contribution in [2.45, 2.75) is 19.8 Å². The summed E-state index contributed by atoms with van der Waals surface area (Å²) in [7, 11) is 0. The van der Waals surface area contributed by atoms with Crippen LogP contribution in [0.5, 0.6) is 0 Å². The van der Waals surface area contributed by atoms with Gasteiger partial charge in [-0.25, -0.2) is 4.79 Å². The fraction of sp³-hybridized carbons (Fsp3) is 0.222. The van der Waals surface area contributed by atoms with E-state index in [0.29, 0.717) is 6.61 Å². The molecule has 3 nitrogen and oxygen atoms in total. The van der Waals surface area contributed by atoms with Crippen LogP contribution >= 0.6 is 0 Å². The Labute approximate surface area is 126 Å². The zero-order chi connectivity index (χ0) is 15.9.